The van der Waals surface area contributed by atoms with E-state index in [0.717, 1.165) is 12.8 Å². The quantitative estimate of drug-likeness (QED) is 0.747. The number of pyridine rings is 1. The first-order chi connectivity index (χ1) is 7.72. The first-order valence-electron chi connectivity index (χ1n) is 5.42. The van der Waals surface area contributed by atoms with Crippen molar-refractivity contribution in [1.82, 2.24) is 9.88 Å². The van der Waals surface area contributed by atoms with Crippen LogP contribution >= 0.6 is 0 Å². The molecule has 1 aliphatic rings. The summed E-state index contributed by atoms with van der Waals surface area (Å²) in [6.07, 6.45) is 3.56. The minimum absolute atomic E-state index is 0.0517. The van der Waals surface area contributed by atoms with Crippen molar-refractivity contribution >= 4 is 5.91 Å². The maximum absolute atomic E-state index is 12.1. The average Bonchev–Trinajstić information content (AvgIpc) is 3.10. The summed E-state index contributed by atoms with van der Waals surface area (Å²) in [6.45, 7) is 1.04. The fraction of sp³-hybridized carbons (Fsp3) is 0.455. The Balaban J connectivity index is 2.15. The molecule has 1 fully saturated rings. The molecule has 1 aromatic rings. The van der Waals surface area contributed by atoms with E-state index in [4.69, 9.17) is 5.73 Å². The zero-order chi connectivity index (χ0) is 11.5. The lowest BCUT2D eigenvalue weighted by Gasteiger charge is -2.21. The Kier molecular flexibility index (Phi) is 3.05. The van der Waals surface area contributed by atoms with Crippen molar-refractivity contribution in [2.45, 2.75) is 18.9 Å². The van der Waals surface area contributed by atoms with Gasteiger partial charge in [-0.05, 0) is 18.9 Å². The molecular weight excluding hydrogens is 206 g/mol. The summed E-state index contributed by atoms with van der Waals surface area (Å²) >= 11 is 0. The standard InChI is InChI=1S/C11H15N3O2/c12-5-6-14(9-2-3-9)11(16)8-1-4-10(15)13-7-8/h1,4,7,9H,2-3,5-6,12H2,(H,13,15). The van der Waals surface area contributed by atoms with Gasteiger partial charge in [0.1, 0.15) is 0 Å². The van der Waals surface area contributed by atoms with Crippen LogP contribution in [-0.2, 0) is 0 Å². The molecule has 0 spiro atoms. The Bertz CT molecular complexity index is 417. The van der Waals surface area contributed by atoms with E-state index >= 15 is 0 Å². The van der Waals surface area contributed by atoms with Crippen LogP contribution in [0.2, 0.25) is 0 Å². The van der Waals surface area contributed by atoms with E-state index in [-0.39, 0.29) is 11.5 Å². The topological polar surface area (TPSA) is 79.2 Å². The largest absolute Gasteiger partial charge is 0.334 e. The monoisotopic (exact) mass is 221 g/mol. The third-order valence-electron chi connectivity index (χ3n) is 2.65. The average molecular weight is 221 g/mol. The Morgan fingerprint density at radius 2 is 2.25 bits per heavy atom. The van der Waals surface area contributed by atoms with E-state index in [0.29, 0.717) is 24.7 Å². The molecule has 2 rings (SSSR count). The van der Waals surface area contributed by atoms with Gasteiger partial charge in [0.05, 0.1) is 5.56 Å². The van der Waals surface area contributed by atoms with E-state index < -0.39 is 0 Å². The van der Waals surface area contributed by atoms with Gasteiger partial charge in [-0.25, -0.2) is 0 Å². The van der Waals surface area contributed by atoms with Gasteiger partial charge in [-0.1, -0.05) is 0 Å². The first-order valence-corrected chi connectivity index (χ1v) is 5.42. The smallest absolute Gasteiger partial charge is 0.255 e. The molecule has 0 saturated heterocycles. The summed E-state index contributed by atoms with van der Waals surface area (Å²) < 4.78 is 0. The Hall–Kier alpha value is -1.62. The van der Waals surface area contributed by atoms with Crippen LogP contribution in [0.3, 0.4) is 0 Å². The van der Waals surface area contributed by atoms with Crippen molar-refractivity contribution in [1.29, 1.82) is 0 Å². The highest BCUT2D eigenvalue weighted by molar-refractivity contribution is 5.94. The number of amides is 1. The molecule has 1 aromatic heterocycles. The number of hydrogen-bond acceptors (Lipinski definition) is 3. The minimum atomic E-state index is -0.201. The van der Waals surface area contributed by atoms with Crippen LogP contribution in [0, 0.1) is 0 Å². The molecule has 0 bridgehead atoms. The molecule has 0 atom stereocenters. The molecular formula is C11H15N3O2. The minimum Gasteiger partial charge on any atom is -0.334 e. The van der Waals surface area contributed by atoms with Crippen LogP contribution in [0.15, 0.2) is 23.1 Å². The number of nitrogens with one attached hydrogen (secondary N) is 1. The molecule has 1 amide bonds. The molecule has 0 unspecified atom stereocenters. The van der Waals surface area contributed by atoms with Crippen molar-refractivity contribution in [2.24, 2.45) is 5.73 Å². The Morgan fingerprint density at radius 3 is 2.75 bits per heavy atom. The summed E-state index contributed by atoms with van der Waals surface area (Å²) in [6, 6.07) is 3.25. The highest BCUT2D eigenvalue weighted by Crippen LogP contribution is 2.27. The summed E-state index contributed by atoms with van der Waals surface area (Å²) in [5.74, 6) is -0.0517. The molecule has 86 valence electrons. The van der Waals surface area contributed by atoms with Crippen molar-refractivity contribution < 1.29 is 4.79 Å². The summed E-state index contributed by atoms with van der Waals surface area (Å²) in [4.78, 5) is 27.2. The number of H-pyrrole nitrogens is 1. The molecule has 0 aliphatic heterocycles. The SMILES string of the molecule is NCCN(C(=O)c1ccc(=O)[nH]c1)C1CC1. The zero-order valence-corrected chi connectivity index (χ0v) is 8.98. The summed E-state index contributed by atoms with van der Waals surface area (Å²) in [5.41, 5.74) is 5.80. The van der Waals surface area contributed by atoms with Crippen LogP contribution < -0.4 is 11.3 Å². The molecule has 3 N–H and O–H groups in total. The van der Waals surface area contributed by atoms with Gasteiger partial charge in [-0.3, -0.25) is 9.59 Å². The van der Waals surface area contributed by atoms with Crippen LogP contribution in [0.1, 0.15) is 23.2 Å². The van der Waals surface area contributed by atoms with Crippen molar-refractivity contribution in [3.05, 3.63) is 34.2 Å². The highest BCUT2D eigenvalue weighted by Gasteiger charge is 2.32. The normalized spacial score (nSPS) is 14.8. The number of hydrogen-bond donors (Lipinski definition) is 2. The van der Waals surface area contributed by atoms with Crippen molar-refractivity contribution in [2.75, 3.05) is 13.1 Å². The van der Waals surface area contributed by atoms with Gasteiger partial charge in [0.2, 0.25) is 5.56 Å². The second-order valence-electron chi connectivity index (χ2n) is 3.96. The van der Waals surface area contributed by atoms with E-state index in [1.807, 2.05) is 0 Å². The first kappa shape index (κ1) is 10.9. The van der Waals surface area contributed by atoms with Crippen LogP contribution in [0.4, 0.5) is 0 Å². The molecule has 16 heavy (non-hydrogen) atoms. The van der Waals surface area contributed by atoms with Crippen LogP contribution in [-0.4, -0.2) is 34.9 Å². The number of aromatic amines is 1. The van der Waals surface area contributed by atoms with E-state index in [9.17, 15) is 9.59 Å². The zero-order valence-electron chi connectivity index (χ0n) is 8.98. The van der Waals surface area contributed by atoms with Gasteiger partial charge in [0, 0.05) is 31.4 Å². The van der Waals surface area contributed by atoms with E-state index in [2.05, 4.69) is 4.98 Å². The summed E-state index contributed by atoms with van der Waals surface area (Å²) in [7, 11) is 0. The van der Waals surface area contributed by atoms with Crippen molar-refractivity contribution in [3.63, 3.8) is 0 Å². The van der Waals surface area contributed by atoms with Crippen molar-refractivity contribution in [3.8, 4) is 0 Å². The third-order valence-corrected chi connectivity index (χ3v) is 2.65. The predicted molar refractivity (Wildman–Crippen MR) is 60.2 cm³/mol. The fourth-order valence-corrected chi connectivity index (χ4v) is 1.68. The lowest BCUT2D eigenvalue weighted by atomic mass is 10.2. The van der Waals surface area contributed by atoms with E-state index in [1.165, 1.54) is 12.3 Å². The highest BCUT2D eigenvalue weighted by atomic mass is 16.2. The van der Waals surface area contributed by atoms with Gasteiger partial charge in [0.25, 0.3) is 5.91 Å². The Labute approximate surface area is 93.3 Å². The number of carbonyl (C=O) groups excluding carboxylic acids is 1. The molecule has 1 saturated carbocycles. The predicted octanol–water partition coefficient (Wildman–Crippen LogP) is -0.0618. The number of carbonyl (C=O) groups is 1. The lowest BCUT2D eigenvalue weighted by Crippen LogP contribution is -2.37. The van der Waals surface area contributed by atoms with Crippen LogP contribution in [0.5, 0.6) is 0 Å². The van der Waals surface area contributed by atoms with Gasteiger partial charge >= 0.3 is 0 Å². The third kappa shape index (κ3) is 2.30. The molecule has 0 radical (unpaired) electrons. The Morgan fingerprint density at radius 1 is 1.50 bits per heavy atom. The maximum atomic E-state index is 12.1. The van der Waals surface area contributed by atoms with Gasteiger partial charge in [0.15, 0.2) is 0 Å². The fourth-order valence-electron chi connectivity index (χ4n) is 1.68. The number of rotatable bonds is 4. The van der Waals surface area contributed by atoms with E-state index in [1.54, 1.807) is 11.0 Å². The lowest BCUT2D eigenvalue weighted by molar-refractivity contribution is 0.0747. The number of nitrogens with two attached hydrogens (primary N) is 1. The molecule has 5 nitrogen and oxygen atoms in total. The van der Waals surface area contributed by atoms with Gasteiger partial charge in [-0.15, -0.1) is 0 Å². The molecule has 1 aliphatic carbocycles. The second kappa shape index (κ2) is 4.49. The second-order valence-corrected chi connectivity index (χ2v) is 3.96. The van der Waals surface area contributed by atoms with Gasteiger partial charge in [-0.2, -0.15) is 0 Å². The summed E-state index contributed by atoms with van der Waals surface area (Å²) in [5, 5.41) is 0. The van der Waals surface area contributed by atoms with Crippen LogP contribution in [0.25, 0.3) is 0 Å². The number of aromatic nitrogens is 1. The van der Waals surface area contributed by atoms with Gasteiger partial charge < -0.3 is 15.6 Å². The molecule has 0 aromatic carbocycles. The number of nitrogens with zero attached hydrogens (tertiary/aromatic N) is 1. The molecule has 1 heterocycles. The molecule has 5 heteroatoms. The maximum Gasteiger partial charge on any atom is 0.255 e.